The number of aromatic nitrogens is 1. The molecule has 1 atom stereocenters. The van der Waals surface area contributed by atoms with Crippen molar-refractivity contribution in [3.05, 3.63) is 36.0 Å². The van der Waals surface area contributed by atoms with Gasteiger partial charge in [0.15, 0.2) is 0 Å². The molecule has 0 spiro atoms. The number of benzene rings is 1. The Kier molecular flexibility index (Phi) is 4.08. The third-order valence-electron chi connectivity index (χ3n) is 4.09. The van der Waals surface area contributed by atoms with Gasteiger partial charge in [0.1, 0.15) is 0 Å². The summed E-state index contributed by atoms with van der Waals surface area (Å²) in [4.78, 5) is 0. The number of hydrogen-bond acceptors (Lipinski definition) is 2. The van der Waals surface area contributed by atoms with E-state index in [1.165, 1.54) is 29.3 Å². The summed E-state index contributed by atoms with van der Waals surface area (Å²) in [6, 6.07) is 9.16. The van der Waals surface area contributed by atoms with Gasteiger partial charge in [0, 0.05) is 42.8 Å². The predicted octanol–water partition coefficient (Wildman–Crippen LogP) is 3.49. The van der Waals surface area contributed by atoms with E-state index in [-0.39, 0.29) is 0 Å². The van der Waals surface area contributed by atoms with Crippen molar-refractivity contribution in [2.45, 2.75) is 45.4 Å². The Morgan fingerprint density at radius 3 is 2.95 bits per heavy atom. The highest BCUT2D eigenvalue weighted by Gasteiger charge is 2.15. The zero-order valence-corrected chi connectivity index (χ0v) is 12.4. The fourth-order valence-electron chi connectivity index (χ4n) is 3.02. The number of nitrogens with one attached hydrogen (secondary N) is 1. The number of nitrogens with zero attached hydrogens (tertiary/aromatic N) is 1. The molecule has 1 aromatic carbocycles. The third-order valence-corrected chi connectivity index (χ3v) is 4.09. The van der Waals surface area contributed by atoms with Crippen LogP contribution in [0.15, 0.2) is 30.5 Å². The van der Waals surface area contributed by atoms with Gasteiger partial charge in [-0.1, -0.05) is 18.2 Å². The van der Waals surface area contributed by atoms with Gasteiger partial charge in [-0.25, -0.2) is 0 Å². The molecule has 2 aromatic rings. The zero-order valence-electron chi connectivity index (χ0n) is 12.4. The molecule has 20 heavy (non-hydrogen) atoms. The average molecular weight is 272 g/mol. The Bertz CT molecular complexity index is 567. The van der Waals surface area contributed by atoms with Gasteiger partial charge in [-0.2, -0.15) is 0 Å². The minimum atomic E-state index is 0.411. The lowest BCUT2D eigenvalue weighted by Crippen LogP contribution is -2.25. The topological polar surface area (TPSA) is 26.2 Å². The largest absolute Gasteiger partial charge is 0.377 e. The van der Waals surface area contributed by atoms with Crippen molar-refractivity contribution in [2.75, 3.05) is 13.2 Å². The molecule has 1 aromatic heterocycles. The molecular weight excluding hydrogens is 248 g/mol. The van der Waals surface area contributed by atoms with Crippen LogP contribution >= 0.6 is 0 Å². The monoisotopic (exact) mass is 272 g/mol. The summed E-state index contributed by atoms with van der Waals surface area (Å²) < 4.78 is 8.01. The van der Waals surface area contributed by atoms with Crippen molar-refractivity contribution in [3.63, 3.8) is 0 Å². The van der Waals surface area contributed by atoms with E-state index in [1.54, 1.807) is 0 Å². The van der Waals surface area contributed by atoms with Gasteiger partial charge in [0.2, 0.25) is 0 Å². The smallest absolute Gasteiger partial charge is 0.0700 e. The standard InChI is InChI=1S/C17H24N2O/c1-13(2)19-12-14(16-7-3-4-8-17(16)19)10-18-11-15-6-5-9-20-15/h3-4,7-8,12-13,15,18H,5-6,9-11H2,1-2H3/t15-/m1/s1. The van der Waals surface area contributed by atoms with Crippen molar-refractivity contribution in [1.82, 2.24) is 9.88 Å². The second kappa shape index (κ2) is 5.98. The minimum Gasteiger partial charge on any atom is -0.377 e. The summed E-state index contributed by atoms with van der Waals surface area (Å²) in [5.41, 5.74) is 2.71. The minimum absolute atomic E-state index is 0.411. The lowest BCUT2D eigenvalue weighted by atomic mass is 10.1. The molecular formula is C17H24N2O. The van der Waals surface area contributed by atoms with Crippen molar-refractivity contribution < 1.29 is 4.74 Å². The molecule has 0 saturated carbocycles. The highest BCUT2D eigenvalue weighted by atomic mass is 16.5. The van der Waals surface area contributed by atoms with E-state index in [0.29, 0.717) is 12.1 Å². The van der Waals surface area contributed by atoms with E-state index in [9.17, 15) is 0 Å². The molecule has 108 valence electrons. The molecule has 1 fully saturated rings. The average Bonchev–Trinajstić information content (AvgIpc) is 3.07. The molecule has 0 radical (unpaired) electrons. The Balaban J connectivity index is 1.73. The van der Waals surface area contributed by atoms with Crippen LogP contribution in [0, 0.1) is 0 Å². The zero-order chi connectivity index (χ0) is 13.9. The third kappa shape index (κ3) is 2.74. The number of para-hydroxylation sites is 1. The molecule has 1 aliphatic heterocycles. The normalized spacial score (nSPS) is 19.2. The highest BCUT2D eigenvalue weighted by Crippen LogP contribution is 2.24. The van der Waals surface area contributed by atoms with Gasteiger partial charge in [0.25, 0.3) is 0 Å². The first kappa shape index (κ1) is 13.7. The van der Waals surface area contributed by atoms with E-state index in [4.69, 9.17) is 4.74 Å². The summed E-state index contributed by atoms with van der Waals surface area (Å²) in [5, 5.41) is 4.91. The molecule has 0 amide bonds. The Hall–Kier alpha value is -1.32. The number of fused-ring (bicyclic) bond motifs is 1. The summed E-state index contributed by atoms with van der Waals surface area (Å²) in [6.07, 6.45) is 5.10. The number of rotatable bonds is 5. The molecule has 3 heteroatoms. The first-order valence-corrected chi connectivity index (χ1v) is 7.66. The maximum Gasteiger partial charge on any atom is 0.0700 e. The summed E-state index contributed by atoms with van der Waals surface area (Å²) in [7, 11) is 0. The Morgan fingerprint density at radius 1 is 1.35 bits per heavy atom. The highest BCUT2D eigenvalue weighted by molar-refractivity contribution is 5.84. The SMILES string of the molecule is CC(C)n1cc(CNC[C@H]2CCCO2)c2ccccc21. The van der Waals surface area contributed by atoms with E-state index in [2.05, 4.69) is 54.2 Å². The van der Waals surface area contributed by atoms with E-state index < -0.39 is 0 Å². The summed E-state index contributed by atoms with van der Waals surface area (Å²) >= 11 is 0. The molecule has 3 nitrogen and oxygen atoms in total. The molecule has 0 aliphatic carbocycles. The van der Waals surface area contributed by atoms with Gasteiger partial charge in [-0.05, 0) is 38.3 Å². The maximum absolute atomic E-state index is 5.65. The molecule has 1 aliphatic rings. The van der Waals surface area contributed by atoms with Crippen LogP contribution in [0.5, 0.6) is 0 Å². The molecule has 1 saturated heterocycles. The van der Waals surface area contributed by atoms with E-state index in [1.807, 2.05) is 0 Å². The quantitative estimate of drug-likeness (QED) is 0.901. The second-order valence-electron chi connectivity index (χ2n) is 5.94. The van der Waals surface area contributed by atoms with Crippen LogP contribution < -0.4 is 5.32 Å². The fourth-order valence-corrected chi connectivity index (χ4v) is 3.02. The van der Waals surface area contributed by atoms with E-state index in [0.717, 1.165) is 19.7 Å². The number of hydrogen-bond donors (Lipinski definition) is 1. The van der Waals surface area contributed by atoms with Crippen LogP contribution in [0.4, 0.5) is 0 Å². The van der Waals surface area contributed by atoms with Gasteiger partial charge in [0.05, 0.1) is 6.10 Å². The maximum atomic E-state index is 5.65. The van der Waals surface area contributed by atoms with Crippen molar-refractivity contribution >= 4 is 10.9 Å². The van der Waals surface area contributed by atoms with Gasteiger partial charge >= 0.3 is 0 Å². The lowest BCUT2D eigenvalue weighted by Gasteiger charge is -2.10. The Morgan fingerprint density at radius 2 is 2.20 bits per heavy atom. The summed E-state index contributed by atoms with van der Waals surface area (Å²) in [6.45, 7) is 7.27. The van der Waals surface area contributed by atoms with Gasteiger partial charge in [-0.15, -0.1) is 0 Å². The van der Waals surface area contributed by atoms with Crippen LogP contribution in [-0.4, -0.2) is 23.8 Å². The molecule has 0 unspecified atom stereocenters. The Labute approximate surface area is 120 Å². The second-order valence-corrected chi connectivity index (χ2v) is 5.94. The lowest BCUT2D eigenvalue weighted by molar-refractivity contribution is 0.110. The molecule has 1 N–H and O–H groups in total. The van der Waals surface area contributed by atoms with Crippen LogP contribution in [0.1, 0.15) is 38.3 Å². The van der Waals surface area contributed by atoms with Crippen LogP contribution in [0.25, 0.3) is 10.9 Å². The van der Waals surface area contributed by atoms with Gasteiger partial charge in [-0.3, -0.25) is 0 Å². The van der Waals surface area contributed by atoms with Crippen molar-refractivity contribution in [2.24, 2.45) is 0 Å². The van der Waals surface area contributed by atoms with Crippen LogP contribution in [-0.2, 0) is 11.3 Å². The first-order valence-electron chi connectivity index (χ1n) is 7.66. The first-order chi connectivity index (χ1) is 9.75. The molecule has 0 bridgehead atoms. The predicted molar refractivity (Wildman–Crippen MR) is 83.0 cm³/mol. The van der Waals surface area contributed by atoms with Crippen LogP contribution in [0.2, 0.25) is 0 Å². The molecule has 2 heterocycles. The van der Waals surface area contributed by atoms with Crippen LogP contribution in [0.3, 0.4) is 0 Å². The van der Waals surface area contributed by atoms with Crippen molar-refractivity contribution in [1.29, 1.82) is 0 Å². The van der Waals surface area contributed by atoms with Crippen molar-refractivity contribution in [3.8, 4) is 0 Å². The number of ether oxygens (including phenoxy) is 1. The van der Waals surface area contributed by atoms with E-state index >= 15 is 0 Å². The van der Waals surface area contributed by atoms with Gasteiger partial charge < -0.3 is 14.6 Å². The fraction of sp³-hybridized carbons (Fsp3) is 0.529. The molecule has 3 rings (SSSR count). The summed E-state index contributed by atoms with van der Waals surface area (Å²) in [5.74, 6) is 0.